The van der Waals surface area contributed by atoms with E-state index in [1.54, 1.807) is 0 Å². The topological polar surface area (TPSA) is 82.6 Å². The van der Waals surface area contributed by atoms with Gasteiger partial charge in [0.25, 0.3) is 0 Å². The molecule has 1 spiro atoms. The molecule has 3 aliphatic rings. The van der Waals surface area contributed by atoms with Gasteiger partial charge in [-0.1, -0.05) is 20.8 Å². The van der Waals surface area contributed by atoms with E-state index in [4.69, 9.17) is 9.97 Å². The van der Waals surface area contributed by atoms with Gasteiger partial charge in [0.15, 0.2) is 5.82 Å². The molecular formula is C26H29N7. The number of anilines is 1. The van der Waals surface area contributed by atoms with Crippen LogP contribution in [0, 0.1) is 5.41 Å². The lowest BCUT2D eigenvalue weighted by Gasteiger charge is -2.49. The Bertz CT molecular complexity index is 1420. The molecule has 2 N–H and O–H groups in total. The van der Waals surface area contributed by atoms with Crippen molar-refractivity contribution in [1.82, 2.24) is 30.2 Å². The summed E-state index contributed by atoms with van der Waals surface area (Å²) < 4.78 is 0. The molecule has 2 atom stereocenters. The van der Waals surface area contributed by atoms with E-state index in [-0.39, 0.29) is 10.8 Å². The maximum absolute atomic E-state index is 5.26. The van der Waals surface area contributed by atoms with Crippen LogP contribution in [0.3, 0.4) is 0 Å². The van der Waals surface area contributed by atoms with E-state index >= 15 is 0 Å². The Morgan fingerprint density at radius 2 is 2.09 bits per heavy atom. The Morgan fingerprint density at radius 1 is 1.18 bits per heavy atom. The number of hydrogen-bond acceptors (Lipinski definition) is 6. The summed E-state index contributed by atoms with van der Waals surface area (Å²) in [6, 6.07) is 4.25. The molecule has 4 aromatic heterocycles. The summed E-state index contributed by atoms with van der Waals surface area (Å²) in [7, 11) is 0. The molecule has 0 amide bonds. The summed E-state index contributed by atoms with van der Waals surface area (Å²) in [5, 5.41) is 5.98. The number of hydrogen-bond donors (Lipinski definition) is 2. The molecule has 2 fully saturated rings. The zero-order valence-corrected chi connectivity index (χ0v) is 19.4. The highest BCUT2D eigenvalue weighted by molar-refractivity contribution is 5.97. The third-order valence-corrected chi connectivity index (χ3v) is 8.08. The minimum atomic E-state index is 0.0115. The molecule has 0 radical (unpaired) electrons. The van der Waals surface area contributed by atoms with E-state index in [0.717, 1.165) is 65.6 Å². The number of aromatic nitrogens is 5. The van der Waals surface area contributed by atoms with Crippen molar-refractivity contribution in [3.8, 4) is 11.4 Å². The molecule has 1 saturated carbocycles. The van der Waals surface area contributed by atoms with Crippen LogP contribution in [-0.2, 0) is 5.41 Å². The summed E-state index contributed by atoms with van der Waals surface area (Å²) in [4.78, 5) is 25.6. The van der Waals surface area contributed by atoms with E-state index in [1.807, 2.05) is 18.5 Å². The fraction of sp³-hybridized carbons (Fsp3) is 0.462. The second kappa shape index (κ2) is 6.50. The number of fused-ring (bicyclic) bond motifs is 4. The van der Waals surface area contributed by atoms with Crippen LogP contribution < -0.4 is 10.2 Å². The SMILES string of the molecule is CC(C)(C)c1cc2c(-c3nc4c5c(cncc5n3)C3CCC35CNCCN4C5)ccnc2[nH]1. The molecular weight excluding hydrogens is 410 g/mol. The lowest BCUT2D eigenvalue weighted by atomic mass is 9.57. The van der Waals surface area contributed by atoms with Gasteiger partial charge in [-0.3, -0.25) is 4.98 Å². The number of rotatable bonds is 1. The Labute approximate surface area is 193 Å². The number of H-pyrrole nitrogens is 1. The quantitative estimate of drug-likeness (QED) is 0.464. The molecule has 7 rings (SSSR count). The number of aromatic amines is 1. The first kappa shape index (κ1) is 19.4. The van der Waals surface area contributed by atoms with Crippen molar-refractivity contribution in [3.63, 3.8) is 0 Å². The molecule has 7 heteroatoms. The van der Waals surface area contributed by atoms with Crippen molar-refractivity contribution in [3.05, 3.63) is 42.0 Å². The molecule has 2 aliphatic heterocycles. The van der Waals surface area contributed by atoms with E-state index in [1.165, 1.54) is 23.8 Å². The van der Waals surface area contributed by atoms with Crippen LogP contribution in [0.25, 0.3) is 33.3 Å². The van der Waals surface area contributed by atoms with E-state index in [2.05, 4.69) is 58.2 Å². The molecule has 0 aromatic carbocycles. The van der Waals surface area contributed by atoms with Crippen LogP contribution in [-0.4, -0.2) is 51.1 Å². The van der Waals surface area contributed by atoms with Gasteiger partial charge >= 0.3 is 0 Å². The summed E-state index contributed by atoms with van der Waals surface area (Å²) >= 11 is 0. The molecule has 168 valence electrons. The molecule has 2 bridgehead atoms. The highest BCUT2D eigenvalue weighted by Gasteiger charge is 2.51. The Hall–Kier alpha value is -3.06. The van der Waals surface area contributed by atoms with E-state index in [0.29, 0.717) is 5.92 Å². The van der Waals surface area contributed by atoms with E-state index < -0.39 is 0 Å². The zero-order chi connectivity index (χ0) is 22.4. The van der Waals surface area contributed by atoms with Gasteiger partial charge in [0.2, 0.25) is 0 Å². The fourth-order valence-electron chi connectivity index (χ4n) is 6.16. The van der Waals surface area contributed by atoms with Crippen molar-refractivity contribution in [2.24, 2.45) is 5.41 Å². The average molecular weight is 440 g/mol. The Kier molecular flexibility index (Phi) is 3.83. The van der Waals surface area contributed by atoms with Gasteiger partial charge in [0.05, 0.1) is 11.7 Å². The summed E-state index contributed by atoms with van der Waals surface area (Å²) in [5.41, 5.74) is 5.64. The maximum atomic E-state index is 5.26. The monoisotopic (exact) mass is 439 g/mol. The Morgan fingerprint density at radius 3 is 2.91 bits per heavy atom. The summed E-state index contributed by atoms with van der Waals surface area (Å²) in [5.74, 6) is 2.36. The molecule has 1 saturated heterocycles. The standard InChI is InChI=1S/C26H29N7/c1-25(2,3)20-10-16-15(5-7-29-22(16)31-20)23-30-19-12-28-11-17-18-4-6-26(18)13-27-8-9-33(14-26)24(32-23)21(17)19/h5,7,10-12,18,27H,4,6,8-9,13-14H2,1-3H3,(H,29,31). The van der Waals surface area contributed by atoms with Crippen LogP contribution in [0.1, 0.15) is 50.8 Å². The highest BCUT2D eigenvalue weighted by atomic mass is 15.2. The van der Waals surface area contributed by atoms with Crippen LogP contribution >= 0.6 is 0 Å². The van der Waals surface area contributed by atoms with Gasteiger partial charge < -0.3 is 15.2 Å². The number of nitrogens with one attached hydrogen (secondary N) is 2. The lowest BCUT2D eigenvalue weighted by molar-refractivity contribution is 0.105. The average Bonchev–Trinajstić information content (AvgIpc) is 3.07. The van der Waals surface area contributed by atoms with Gasteiger partial charge in [-0.2, -0.15) is 0 Å². The predicted octanol–water partition coefficient (Wildman–Crippen LogP) is 4.15. The third kappa shape index (κ3) is 2.72. The highest BCUT2D eigenvalue weighted by Crippen LogP contribution is 2.57. The summed E-state index contributed by atoms with van der Waals surface area (Å²) in [6.07, 6.45) is 8.32. The predicted molar refractivity (Wildman–Crippen MR) is 131 cm³/mol. The van der Waals surface area contributed by atoms with Crippen molar-refractivity contribution in [1.29, 1.82) is 0 Å². The largest absolute Gasteiger partial charge is 0.354 e. The van der Waals surface area contributed by atoms with Crippen molar-refractivity contribution < 1.29 is 0 Å². The van der Waals surface area contributed by atoms with Crippen molar-refractivity contribution in [2.75, 3.05) is 31.1 Å². The number of pyridine rings is 2. The van der Waals surface area contributed by atoms with Gasteiger partial charge in [0.1, 0.15) is 11.5 Å². The molecule has 2 unspecified atom stereocenters. The molecule has 4 aromatic rings. The van der Waals surface area contributed by atoms with E-state index in [9.17, 15) is 0 Å². The molecule has 6 heterocycles. The maximum Gasteiger partial charge on any atom is 0.163 e. The minimum absolute atomic E-state index is 0.0115. The second-order valence-electron chi connectivity index (χ2n) is 11.1. The van der Waals surface area contributed by atoms with Gasteiger partial charge in [-0.15, -0.1) is 0 Å². The number of nitrogens with zero attached hydrogens (tertiary/aromatic N) is 5. The molecule has 7 nitrogen and oxygen atoms in total. The van der Waals surface area contributed by atoms with Crippen LogP contribution in [0.2, 0.25) is 0 Å². The molecule has 33 heavy (non-hydrogen) atoms. The first-order valence-electron chi connectivity index (χ1n) is 12.0. The Balaban J connectivity index is 1.48. The zero-order valence-electron chi connectivity index (χ0n) is 19.4. The van der Waals surface area contributed by atoms with Crippen molar-refractivity contribution >= 4 is 27.8 Å². The van der Waals surface area contributed by atoms with Gasteiger partial charge in [-0.25, -0.2) is 15.0 Å². The van der Waals surface area contributed by atoms with Crippen LogP contribution in [0.4, 0.5) is 5.82 Å². The second-order valence-corrected chi connectivity index (χ2v) is 11.1. The van der Waals surface area contributed by atoms with Crippen LogP contribution in [0.5, 0.6) is 0 Å². The normalized spacial score (nSPS) is 24.3. The van der Waals surface area contributed by atoms with Crippen molar-refractivity contribution in [2.45, 2.75) is 44.9 Å². The minimum Gasteiger partial charge on any atom is -0.354 e. The first-order valence-corrected chi connectivity index (χ1v) is 12.0. The van der Waals surface area contributed by atoms with Gasteiger partial charge in [-0.05, 0) is 36.5 Å². The summed E-state index contributed by atoms with van der Waals surface area (Å²) in [6.45, 7) is 10.7. The third-order valence-electron chi connectivity index (χ3n) is 8.08. The smallest absolute Gasteiger partial charge is 0.163 e. The van der Waals surface area contributed by atoms with Crippen LogP contribution in [0.15, 0.2) is 30.7 Å². The molecule has 1 aliphatic carbocycles. The van der Waals surface area contributed by atoms with Gasteiger partial charge in [0, 0.05) is 71.4 Å². The fourth-order valence-corrected chi connectivity index (χ4v) is 6.16. The first-order chi connectivity index (χ1) is 15.9. The lowest BCUT2D eigenvalue weighted by Crippen LogP contribution is -2.49.